The Kier molecular flexibility index (Phi) is 5.71. The van der Waals surface area contributed by atoms with E-state index in [2.05, 4.69) is 15.5 Å². The van der Waals surface area contributed by atoms with Crippen LogP contribution in [0.5, 0.6) is 11.5 Å². The minimum atomic E-state index is -0.652. The molecule has 1 atom stereocenters. The third-order valence-electron chi connectivity index (χ3n) is 4.15. The molecule has 140 valence electrons. The summed E-state index contributed by atoms with van der Waals surface area (Å²) in [6.07, 6.45) is -0.652. The molecular formula is C20H21N3O3S. The van der Waals surface area contributed by atoms with E-state index in [1.54, 1.807) is 14.0 Å². The summed E-state index contributed by atoms with van der Waals surface area (Å²) in [5.74, 6) is 1.16. The molecule has 3 aromatic rings. The number of aromatic nitrogens is 2. The second kappa shape index (κ2) is 8.18. The SMILES string of the molecule is COc1ccc(-c2nnc(NC(=O)[C@H](C)Oc3ccc(C)c(C)c3)s2)cc1. The number of carbonyl (C=O) groups is 1. The molecule has 0 saturated carbocycles. The summed E-state index contributed by atoms with van der Waals surface area (Å²) < 4.78 is 10.9. The second-order valence-electron chi connectivity index (χ2n) is 6.14. The Hall–Kier alpha value is -2.93. The molecule has 7 heteroatoms. The molecule has 0 spiro atoms. The van der Waals surface area contributed by atoms with Gasteiger partial charge < -0.3 is 9.47 Å². The van der Waals surface area contributed by atoms with E-state index in [9.17, 15) is 4.79 Å². The summed E-state index contributed by atoms with van der Waals surface area (Å²) in [5.41, 5.74) is 3.21. The molecule has 0 aliphatic heterocycles. The monoisotopic (exact) mass is 383 g/mol. The summed E-state index contributed by atoms with van der Waals surface area (Å²) in [6.45, 7) is 5.75. The first kappa shape index (κ1) is 18.8. The van der Waals surface area contributed by atoms with E-state index in [-0.39, 0.29) is 5.91 Å². The van der Waals surface area contributed by atoms with Gasteiger partial charge in [0.2, 0.25) is 5.13 Å². The van der Waals surface area contributed by atoms with Crippen molar-refractivity contribution in [2.24, 2.45) is 0 Å². The lowest BCUT2D eigenvalue weighted by Crippen LogP contribution is -2.30. The van der Waals surface area contributed by atoms with Crippen molar-refractivity contribution in [3.05, 3.63) is 53.6 Å². The Morgan fingerprint density at radius 2 is 1.74 bits per heavy atom. The molecule has 3 rings (SSSR count). The molecule has 27 heavy (non-hydrogen) atoms. The van der Waals surface area contributed by atoms with Crippen LogP contribution in [0.2, 0.25) is 0 Å². The normalized spacial score (nSPS) is 11.7. The van der Waals surface area contributed by atoms with Crippen molar-refractivity contribution in [1.29, 1.82) is 0 Å². The Morgan fingerprint density at radius 3 is 2.41 bits per heavy atom. The van der Waals surface area contributed by atoms with E-state index >= 15 is 0 Å². The summed E-state index contributed by atoms with van der Waals surface area (Å²) in [5, 5.41) is 12.1. The van der Waals surface area contributed by atoms with E-state index < -0.39 is 6.10 Å². The minimum absolute atomic E-state index is 0.273. The highest BCUT2D eigenvalue weighted by molar-refractivity contribution is 7.18. The van der Waals surface area contributed by atoms with Crippen molar-refractivity contribution in [3.63, 3.8) is 0 Å². The maximum Gasteiger partial charge on any atom is 0.266 e. The predicted molar refractivity (Wildman–Crippen MR) is 107 cm³/mol. The van der Waals surface area contributed by atoms with Crippen LogP contribution >= 0.6 is 11.3 Å². The lowest BCUT2D eigenvalue weighted by Gasteiger charge is -2.14. The molecule has 0 fully saturated rings. The zero-order chi connectivity index (χ0) is 19.4. The van der Waals surface area contributed by atoms with Crippen LogP contribution in [0.15, 0.2) is 42.5 Å². The second-order valence-corrected chi connectivity index (χ2v) is 7.11. The molecule has 0 bridgehead atoms. The van der Waals surface area contributed by atoms with E-state index in [1.807, 2.05) is 56.3 Å². The molecule has 1 N–H and O–H groups in total. The topological polar surface area (TPSA) is 73.3 Å². The van der Waals surface area contributed by atoms with Gasteiger partial charge in [0.05, 0.1) is 7.11 Å². The molecule has 1 amide bonds. The van der Waals surface area contributed by atoms with Crippen LogP contribution in [0.4, 0.5) is 5.13 Å². The fourth-order valence-electron chi connectivity index (χ4n) is 2.38. The van der Waals surface area contributed by atoms with Crippen LogP contribution in [-0.2, 0) is 4.79 Å². The average Bonchev–Trinajstić information content (AvgIpc) is 3.13. The number of carbonyl (C=O) groups excluding carboxylic acids is 1. The molecule has 0 aliphatic rings. The number of benzene rings is 2. The van der Waals surface area contributed by atoms with E-state index in [0.29, 0.717) is 10.9 Å². The van der Waals surface area contributed by atoms with Crippen molar-refractivity contribution in [2.45, 2.75) is 26.9 Å². The first-order valence-corrected chi connectivity index (χ1v) is 9.30. The van der Waals surface area contributed by atoms with Crippen LogP contribution in [0.1, 0.15) is 18.1 Å². The number of nitrogens with one attached hydrogen (secondary N) is 1. The number of aryl methyl sites for hydroxylation is 2. The van der Waals surface area contributed by atoms with Crippen LogP contribution in [0.3, 0.4) is 0 Å². The van der Waals surface area contributed by atoms with Gasteiger partial charge in [0, 0.05) is 5.56 Å². The number of amides is 1. The Labute approximate surface area is 162 Å². The van der Waals surface area contributed by atoms with Gasteiger partial charge in [0.1, 0.15) is 16.5 Å². The average molecular weight is 383 g/mol. The van der Waals surface area contributed by atoms with Crippen molar-refractivity contribution in [1.82, 2.24) is 10.2 Å². The molecule has 0 aliphatic carbocycles. The molecule has 0 saturated heterocycles. The largest absolute Gasteiger partial charge is 0.497 e. The highest BCUT2D eigenvalue weighted by Crippen LogP contribution is 2.28. The van der Waals surface area contributed by atoms with Crippen molar-refractivity contribution in [3.8, 4) is 22.1 Å². The van der Waals surface area contributed by atoms with Crippen LogP contribution in [0.25, 0.3) is 10.6 Å². The number of hydrogen-bond acceptors (Lipinski definition) is 6. The lowest BCUT2D eigenvalue weighted by atomic mass is 10.1. The number of methoxy groups -OCH3 is 1. The molecule has 2 aromatic carbocycles. The summed E-state index contributed by atoms with van der Waals surface area (Å²) in [4.78, 5) is 12.4. The zero-order valence-corrected chi connectivity index (χ0v) is 16.5. The van der Waals surface area contributed by atoms with Crippen molar-refractivity contribution < 1.29 is 14.3 Å². The predicted octanol–water partition coefficient (Wildman–Crippen LogP) is 4.24. The Balaban J connectivity index is 1.63. The molecule has 1 heterocycles. The molecule has 6 nitrogen and oxygen atoms in total. The fraction of sp³-hybridized carbons (Fsp3) is 0.250. The standard InChI is InChI=1S/C20H21N3O3S/c1-12-5-8-17(11-13(12)2)26-14(3)18(24)21-20-23-22-19(27-20)15-6-9-16(25-4)10-7-15/h5-11,14H,1-4H3,(H,21,23,24)/t14-/m0/s1. The number of hydrogen-bond donors (Lipinski definition) is 1. The number of anilines is 1. The van der Waals surface area contributed by atoms with E-state index in [1.165, 1.54) is 16.9 Å². The highest BCUT2D eigenvalue weighted by Gasteiger charge is 2.17. The minimum Gasteiger partial charge on any atom is -0.497 e. The summed E-state index contributed by atoms with van der Waals surface area (Å²) >= 11 is 1.31. The maximum absolute atomic E-state index is 12.4. The number of nitrogens with zero attached hydrogens (tertiary/aromatic N) is 2. The van der Waals surface area contributed by atoms with Gasteiger partial charge in [0.15, 0.2) is 6.10 Å². The molecule has 1 aromatic heterocycles. The van der Waals surface area contributed by atoms with Crippen LogP contribution < -0.4 is 14.8 Å². The summed E-state index contributed by atoms with van der Waals surface area (Å²) in [6, 6.07) is 13.3. The Morgan fingerprint density at radius 1 is 1.04 bits per heavy atom. The van der Waals surface area contributed by atoms with Gasteiger partial charge >= 0.3 is 0 Å². The van der Waals surface area contributed by atoms with Crippen molar-refractivity contribution in [2.75, 3.05) is 12.4 Å². The molecular weight excluding hydrogens is 362 g/mol. The lowest BCUT2D eigenvalue weighted by molar-refractivity contribution is -0.122. The first-order chi connectivity index (χ1) is 13.0. The zero-order valence-electron chi connectivity index (χ0n) is 15.6. The molecule has 0 unspecified atom stereocenters. The van der Waals surface area contributed by atoms with Gasteiger partial charge in [-0.05, 0) is 68.3 Å². The smallest absolute Gasteiger partial charge is 0.266 e. The fourth-order valence-corrected chi connectivity index (χ4v) is 3.13. The van der Waals surface area contributed by atoms with Gasteiger partial charge in [-0.15, -0.1) is 10.2 Å². The van der Waals surface area contributed by atoms with Gasteiger partial charge in [-0.25, -0.2) is 0 Å². The quantitative estimate of drug-likeness (QED) is 0.689. The number of ether oxygens (including phenoxy) is 2. The van der Waals surface area contributed by atoms with E-state index in [4.69, 9.17) is 9.47 Å². The number of rotatable bonds is 6. The maximum atomic E-state index is 12.4. The third kappa shape index (κ3) is 4.62. The van der Waals surface area contributed by atoms with E-state index in [0.717, 1.165) is 21.9 Å². The van der Waals surface area contributed by atoms with Gasteiger partial charge in [0.25, 0.3) is 5.91 Å². The third-order valence-corrected chi connectivity index (χ3v) is 5.04. The van der Waals surface area contributed by atoms with Crippen LogP contribution in [0, 0.1) is 13.8 Å². The van der Waals surface area contributed by atoms with Gasteiger partial charge in [-0.2, -0.15) is 0 Å². The highest BCUT2D eigenvalue weighted by atomic mass is 32.1. The molecule has 0 radical (unpaired) electrons. The van der Waals surface area contributed by atoms with Gasteiger partial charge in [-0.3, -0.25) is 10.1 Å². The summed E-state index contributed by atoms with van der Waals surface area (Å²) in [7, 11) is 1.62. The first-order valence-electron chi connectivity index (χ1n) is 8.49. The van der Waals surface area contributed by atoms with Crippen LogP contribution in [-0.4, -0.2) is 29.3 Å². The van der Waals surface area contributed by atoms with Gasteiger partial charge in [-0.1, -0.05) is 17.4 Å². The van der Waals surface area contributed by atoms with Crippen molar-refractivity contribution >= 4 is 22.4 Å². The Bertz CT molecular complexity index is 938.